The van der Waals surface area contributed by atoms with E-state index in [4.69, 9.17) is 4.74 Å². The highest BCUT2D eigenvalue weighted by Gasteiger charge is 2.39. The second-order valence-electron chi connectivity index (χ2n) is 3.29. The lowest BCUT2D eigenvalue weighted by molar-refractivity contribution is -0.142. The van der Waals surface area contributed by atoms with E-state index in [1.54, 1.807) is 0 Å². The van der Waals surface area contributed by atoms with Gasteiger partial charge < -0.3 is 14.2 Å². The van der Waals surface area contributed by atoms with Gasteiger partial charge in [0, 0.05) is 19.1 Å². The first kappa shape index (κ1) is 14.1. The molecule has 0 aliphatic heterocycles. The predicted octanol–water partition coefficient (Wildman–Crippen LogP) is 2.65. The van der Waals surface area contributed by atoms with Crippen LogP contribution in [0.4, 0.5) is 13.2 Å². The van der Waals surface area contributed by atoms with Crippen LogP contribution in [0, 0.1) is 0 Å². The number of methoxy groups -OCH3 is 2. The molecule has 7 heteroatoms. The zero-order chi connectivity index (χ0) is 13.9. The van der Waals surface area contributed by atoms with Crippen molar-refractivity contribution >= 4 is 5.97 Å². The molecule has 0 atom stereocenters. The van der Waals surface area contributed by atoms with Crippen molar-refractivity contribution in [3.8, 4) is 17.2 Å². The summed E-state index contributed by atoms with van der Waals surface area (Å²) < 4.78 is 52.6. The molecule has 0 aliphatic rings. The number of hydrogen-bond acceptors (Lipinski definition) is 4. The molecule has 0 aliphatic carbocycles. The van der Waals surface area contributed by atoms with Gasteiger partial charge in [0.1, 0.15) is 17.1 Å². The number of alkyl halides is 3. The molecule has 0 bridgehead atoms. The predicted molar refractivity (Wildman–Crippen MR) is 55.9 cm³/mol. The average molecular weight is 264 g/mol. The minimum Gasteiger partial charge on any atom is -0.496 e. The van der Waals surface area contributed by atoms with E-state index in [2.05, 4.69) is 9.47 Å². The number of carbonyl (C=O) groups excluding carboxylic acids is 1. The van der Waals surface area contributed by atoms with Crippen LogP contribution in [0.15, 0.2) is 12.1 Å². The zero-order valence-electron chi connectivity index (χ0n) is 9.92. The summed E-state index contributed by atoms with van der Waals surface area (Å²) in [5.74, 6) is -1.89. The van der Waals surface area contributed by atoms with Crippen molar-refractivity contribution in [2.75, 3.05) is 14.2 Å². The molecule has 0 heterocycles. The van der Waals surface area contributed by atoms with Gasteiger partial charge in [-0.1, -0.05) is 0 Å². The first-order valence-electron chi connectivity index (χ1n) is 4.81. The Labute approximate surface area is 101 Å². The molecule has 0 amide bonds. The summed E-state index contributed by atoms with van der Waals surface area (Å²) in [5, 5.41) is 0. The number of benzene rings is 1. The van der Waals surface area contributed by atoms with Gasteiger partial charge in [-0.2, -0.15) is 13.2 Å². The minimum atomic E-state index is -4.71. The normalized spacial score (nSPS) is 11.0. The molecule has 0 saturated carbocycles. The number of halogens is 3. The van der Waals surface area contributed by atoms with Crippen LogP contribution in [-0.4, -0.2) is 20.2 Å². The highest BCUT2D eigenvalue weighted by Crippen LogP contribution is 2.44. The molecular weight excluding hydrogens is 253 g/mol. The van der Waals surface area contributed by atoms with Gasteiger partial charge in [-0.05, 0) is 0 Å². The van der Waals surface area contributed by atoms with E-state index >= 15 is 0 Å². The Morgan fingerprint density at radius 3 is 2.06 bits per heavy atom. The van der Waals surface area contributed by atoms with Crippen molar-refractivity contribution in [3.05, 3.63) is 17.7 Å². The summed E-state index contributed by atoms with van der Waals surface area (Å²) in [6.45, 7) is 1.01. The van der Waals surface area contributed by atoms with Crippen LogP contribution in [0.2, 0.25) is 0 Å². The molecule has 1 rings (SSSR count). The third kappa shape index (κ3) is 3.06. The van der Waals surface area contributed by atoms with Crippen molar-refractivity contribution in [1.29, 1.82) is 0 Å². The molecule has 0 spiro atoms. The number of esters is 1. The summed E-state index contributed by atoms with van der Waals surface area (Å²) in [4.78, 5) is 10.8. The number of ether oxygens (including phenoxy) is 3. The SMILES string of the molecule is COc1cc(OC)c(C(F)(F)F)c(OC(C)=O)c1. The van der Waals surface area contributed by atoms with Crippen LogP contribution >= 0.6 is 0 Å². The van der Waals surface area contributed by atoms with Gasteiger partial charge in [0.05, 0.1) is 14.2 Å². The molecule has 18 heavy (non-hydrogen) atoms. The summed E-state index contributed by atoms with van der Waals surface area (Å²) in [6.07, 6.45) is -4.71. The molecule has 0 N–H and O–H groups in total. The molecule has 1 aromatic rings. The van der Waals surface area contributed by atoms with Crippen molar-refractivity contribution in [2.45, 2.75) is 13.1 Å². The van der Waals surface area contributed by atoms with Gasteiger partial charge in [0.25, 0.3) is 0 Å². The fraction of sp³-hybridized carbons (Fsp3) is 0.364. The van der Waals surface area contributed by atoms with Crippen molar-refractivity contribution in [1.82, 2.24) is 0 Å². The molecular formula is C11H11F3O4. The third-order valence-electron chi connectivity index (χ3n) is 2.03. The average Bonchev–Trinajstić information content (AvgIpc) is 2.25. The summed E-state index contributed by atoms with van der Waals surface area (Å²) >= 11 is 0. The molecule has 0 unspecified atom stereocenters. The van der Waals surface area contributed by atoms with E-state index in [0.29, 0.717) is 0 Å². The van der Waals surface area contributed by atoms with Crippen molar-refractivity contribution < 1.29 is 32.2 Å². The molecule has 100 valence electrons. The number of rotatable bonds is 3. The Bertz CT molecular complexity index is 454. The molecule has 4 nitrogen and oxygen atoms in total. The molecule has 0 aromatic heterocycles. The maximum absolute atomic E-state index is 12.9. The van der Waals surface area contributed by atoms with Crippen LogP contribution in [-0.2, 0) is 11.0 Å². The van der Waals surface area contributed by atoms with Gasteiger partial charge >= 0.3 is 12.1 Å². The van der Waals surface area contributed by atoms with E-state index in [9.17, 15) is 18.0 Å². The number of carbonyl (C=O) groups is 1. The van der Waals surface area contributed by atoms with Gasteiger partial charge in [0.2, 0.25) is 0 Å². The summed E-state index contributed by atoms with van der Waals surface area (Å²) in [5.41, 5.74) is -1.15. The lowest BCUT2D eigenvalue weighted by Crippen LogP contribution is -2.13. The van der Waals surface area contributed by atoms with E-state index in [-0.39, 0.29) is 5.75 Å². The Morgan fingerprint density at radius 1 is 1.11 bits per heavy atom. The smallest absolute Gasteiger partial charge is 0.423 e. The standard InChI is InChI=1S/C11H11F3O4/c1-6(15)18-9-5-7(16-2)4-8(17-3)10(9)11(12,13)14/h4-5H,1-3H3. The third-order valence-corrected chi connectivity index (χ3v) is 2.03. The molecule has 0 saturated heterocycles. The van der Waals surface area contributed by atoms with Crippen molar-refractivity contribution in [3.63, 3.8) is 0 Å². The molecule has 0 radical (unpaired) electrons. The van der Waals surface area contributed by atoms with E-state index in [1.807, 2.05) is 0 Å². The lowest BCUT2D eigenvalue weighted by atomic mass is 10.1. The number of hydrogen-bond donors (Lipinski definition) is 0. The Balaban J connectivity index is 3.47. The lowest BCUT2D eigenvalue weighted by Gasteiger charge is -2.17. The monoisotopic (exact) mass is 264 g/mol. The fourth-order valence-electron chi connectivity index (χ4n) is 1.36. The highest BCUT2D eigenvalue weighted by atomic mass is 19.4. The fourth-order valence-corrected chi connectivity index (χ4v) is 1.36. The Hall–Kier alpha value is -1.92. The van der Waals surface area contributed by atoms with E-state index in [0.717, 1.165) is 26.2 Å². The van der Waals surface area contributed by atoms with E-state index < -0.39 is 29.2 Å². The van der Waals surface area contributed by atoms with Gasteiger partial charge in [-0.25, -0.2) is 0 Å². The topological polar surface area (TPSA) is 44.8 Å². The summed E-state index contributed by atoms with van der Waals surface area (Å²) in [6, 6.07) is 2.04. The largest absolute Gasteiger partial charge is 0.496 e. The first-order chi connectivity index (χ1) is 8.29. The van der Waals surface area contributed by atoms with Crippen LogP contribution in [0.1, 0.15) is 12.5 Å². The molecule has 0 fully saturated rings. The van der Waals surface area contributed by atoms with Crippen LogP contribution in [0.3, 0.4) is 0 Å². The summed E-state index contributed by atoms with van der Waals surface area (Å²) in [7, 11) is 2.36. The second-order valence-corrected chi connectivity index (χ2v) is 3.29. The first-order valence-corrected chi connectivity index (χ1v) is 4.81. The molecule has 1 aromatic carbocycles. The van der Waals surface area contributed by atoms with Crippen LogP contribution in [0.5, 0.6) is 17.2 Å². The highest BCUT2D eigenvalue weighted by molar-refractivity contribution is 5.71. The van der Waals surface area contributed by atoms with Crippen molar-refractivity contribution in [2.24, 2.45) is 0 Å². The Kier molecular flexibility index (Phi) is 4.05. The quantitative estimate of drug-likeness (QED) is 0.622. The van der Waals surface area contributed by atoms with Crippen LogP contribution < -0.4 is 14.2 Å². The maximum atomic E-state index is 12.9. The van der Waals surface area contributed by atoms with E-state index in [1.165, 1.54) is 7.11 Å². The minimum absolute atomic E-state index is 0.0936. The Morgan fingerprint density at radius 2 is 1.67 bits per heavy atom. The van der Waals surface area contributed by atoms with Crippen LogP contribution in [0.25, 0.3) is 0 Å². The maximum Gasteiger partial charge on any atom is 0.423 e. The van der Waals surface area contributed by atoms with Gasteiger partial charge in [-0.3, -0.25) is 4.79 Å². The van der Waals surface area contributed by atoms with Gasteiger partial charge in [0.15, 0.2) is 5.75 Å². The second kappa shape index (κ2) is 5.16. The zero-order valence-corrected chi connectivity index (χ0v) is 9.92. The van der Waals surface area contributed by atoms with Gasteiger partial charge in [-0.15, -0.1) is 0 Å².